The minimum atomic E-state index is -0.883. The van der Waals surface area contributed by atoms with Crippen LogP contribution in [0.5, 0.6) is 11.5 Å². The number of rotatable bonds is 11. The van der Waals surface area contributed by atoms with E-state index in [-0.39, 0.29) is 45.7 Å². The highest BCUT2D eigenvalue weighted by Crippen LogP contribution is 2.30. The van der Waals surface area contributed by atoms with Crippen LogP contribution >= 0.6 is 23.2 Å². The molecule has 1 atom stereocenters. The molecule has 5 aromatic rings. The lowest BCUT2D eigenvalue weighted by Crippen LogP contribution is -2.42. The van der Waals surface area contributed by atoms with Crippen LogP contribution in [0.25, 0.3) is 11.4 Å². The van der Waals surface area contributed by atoms with Crippen LogP contribution in [0.2, 0.25) is 10.0 Å². The molecule has 0 fully saturated rings. The van der Waals surface area contributed by atoms with Crippen molar-refractivity contribution in [1.29, 1.82) is 0 Å². The number of carbonyl (C=O) groups excluding carboxylic acids is 3. The van der Waals surface area contributed by atoms with Crippen molar-refractivity contribution in [2.24, 2.45) is 5.73 Å². The van der Waals surface area contributed by atoms with E-state index in [2.05, 4.69) is 21.0 Å². The SMILES string of the molecule is Cc1ccc(C(=O)NC(C)C(N)=O)cc1-n1c(C)cc(OCc2ccccc2CNC(=O)Nc2cc(C(C)(C)C)nn2-c2ccc(O)c(Cl)c2)c(Cl)c1=O. The summed E-state index contributed by atoms with van der Waals surface area (Å²) in [5.41, 5.74) is 9.08. The van der Waals surface area contributed by atoms with E-state index >= 15 is 0 Å². The number of primary amides is 1. The van der Waals surface area contributed by atoms with E-state index < -0.39 is 29.4 Å². The zero-order valence-corrected chi connectivity index (χ0v) is 32.1. The van der Waals surface area contributed by atoms with Gasteiger partial charge in [-0.25, -0.2) is 9.48 Å². The van der Waals surface area contributed by atoms with Crippen LogP contribution in [-0.2, 0) is 23.4 Å². The molecule has 1 unspecified atom stereocenters. The molecule has 0 aliphatic heterocycles. The Labute approximate surface area is 322 Å². The fraction of sp³-hybridized carbons (Fsp3) is 0.256. The Bertz CT molecular complexity index is 2310. The Morgan fingerprint density at radius 2 is 1.69 bits per heavy atom. The average Bonchev–Trinajstić information content (AvgIpc) is 3.55. The number of amides is 4. The lowest BCUT2D eigenvalue weighted by molar-refractivity contribution is -0.119. The fourth-order valence-corrected chi connectivity index (χ4v) is 5.82. The van der Waals surface area contributed by atoms with Crippen molar-refractivity contribution in [2.45, 2.75) is 66.2 Å². The second kappa shape index (κ2) is 16.1. The number of nitrogens with one attached hydrogen (secondary N) is 3. The maximum absolute atomic E-state index is 13.6. The van der Waals surface area contributed by atoms with Gasteiger partial charge in [0.15, 0.2) is 0 Å². The van der Waals surface area contributed by atoms with Gasteiger partial charge in [-0.05, 0) is 67.8 Å². The van der Waals surface area contributed by atoms with Crippen molar-refractivity contribution < 1.29 is 24.2 Å². The zero-order valence-electron chi connectivity index (χ0n) is 30.6. The van der Waals surface area contributed by atoms with Gasteiger partial charge in [-0.1, -0.05) is 74.3 Å². The van der Waals surface area contributed by atoms with E-state index in [1.54, 1.807) is 61.0 Å². The second-order valence-corrected chi connectivity index (χ2v) is 14.6. The Morgan fingerprint density at radius 3 is 2.35 bits per heavy atom. The van der Waals surface area contributed by atoms with Gasteiger partial charge >= 0.3 is 6.03 Å². The smallest absolute Gasteiger partial charge is 0.320 e. The third-order valence-electron chi connectivity index (χ3n) is 8.62. The molecule has 0 saturated heterocycles. The van der Waals surface area contributed by atoms with E-state index in [1.165, 1.54) is 17.6 Å². The summed E-state index contributed by atoms with van der Waals surface area (Å²) < 4.78 is 9.01. The van der Waals surface area contributed by atoms with Gasteiger partial charge in [0.1, 0.15) is 35.0 Å². The van der Waals surface area contributed by atoms with Crippen LogP contribution in [0, 0.1) is 13.8 Å². The Hall–Kier alpha value is -5.79. The molecule has 0 spiro atoms. The third-order valence-corrected chi connectivity index (χ3v) is 9.27. The predicted octanol–water partition coefficient (Wildman–Crippen LogP) is 6.45. The van der Waals surface area contributed by atoms with Crippen molar-refractivity contribution in [1.82, 2.24) is 25.0 Å². The minimum Gasteiger partial charge on any atom is -0.506 e. The zero-order chi connectivity index (χ0) is 39.5. The molecule has 4 amide bonds. The quantitative estimate of drug-likeness (QED) is 0.102. The van der Waals surface area contributed by atoms with Crippen molar-refractivity contribution in [3.05, 3.63) is 127 Å². The van der Waals surface area contributed by atoms with Crippen molar-refractivity contribution in [2.75, 3.05) is 5.32 Å². The molecule has 3 aromatic carbocycles. The molecule has 0 aliphatic rings. The number of nitrogens with zero attached hydrogens (tertiary/aromatic N) is 3. The number of phenols is 1. The maximum Gasteiger partial charge on any atom is 0.320 e. The molecule has 0 saturated carbocycles. The monoisotopic (exact) mass is 773 g/mol. The number of phenolic OH excluding ortho intramolecular Hbond substituents is 1. The van der Waals surface area contributed by atoms with Gasteiger partial charge in [0, 0.05) is 35.3 Å². The lowest BCUT2D eigenvalue weighted by Gasteiger charge is -2.18. The van der Waals surface area contributed by atoms with Gasteiger partial charge in [0.2, 0.25) is 5.91 Å². The summed E-state index contributed by atoms with van der Waals surface area (Å²) in [6.07, 6.45) is 0. The predicted molar refractivity (Wildman–Crippen MR) is 208 cm³/mol. The fourth-order valence-electron chi connectivity index (χ4n) is 5.45. The first kappa shape index (κ1) is 39.4. The average molecular weight is 775 g/mol. The molecule has 6 N–H and O–H groups in total. The highest BCUT2D eigenvalue weighted by molar-refractivity contribution is 6.32. The number of nitrogens with two attached hydrogens (primary N) is 1. The summed E-state index contributed by atoms with van der Waals surface area (Å²) in [5.74, 6) is -0.708. The van der Waals surface area contributed by atoms with Gasteiger partial charge in [-0.2, -0.15) is 5.10 Å². The Morgan fingerprint density at radius 1 is 0.981 bits per heavy atom. The molecule has 0 aliphatic carbocycles. The maximum atomic E-state index is 13.6. The number of carbonyl (C=O) groups is 3. The number of hydrogen-bond donors (Lipinski definition) is 5. The third kappa shape index (κ3) is 8.87. The van der Waals surface area contributed by atoms with Crippen LogP contribution in [0.1, 0.15) is 66.1 Å². The highest BCUT2D eigenvalue weighted by Gasteiger charge is 2.23. The van der Waals surface area contributed by atoms with E-state index in [9.17, 15) is 24.3 Å². The van der Waals surface area contributed by atoms with Crippen molar-refractivity contribution >= 4 is 46.9 Å². The number of pyridine rings is 1. The van der Waals surface area contributed by atoms with Crippen LogP contribution in [0.15, 0.2) is 77.6 Å². The second-order valence-electron chi connectivity index (χ2n) is 13.8. The first-order valence-electron chi connectivity index (χ1n) is 16.9. The summed E-state index contributed by atoms with van der Waals surface area (Å²) in [5, 5.41) is 22.9. The molecular formula is C39H41Cl2N7O6. The molecule has 13 nitrogen and oxygen atoms in total. The Kier molecular flexibility index (Phi) is 11.7. The van der Waals surface area contributed by atoms with E-state index in [1.807, 2.05) is 45.0 Å². The van der Waals surface area contributed by atoms with E-state index in [0.29, 0.717) is 28.5 Å². The van der Waals surface area contributed by atoms with Crippen molar-refractivity contribution in [3.8, 4) is 22.9 Å². The standard InChI is InChI=1S/C39H41Cl2N7O6/c1-21-11-12-24(36(51)44-23(3)35(42)50)16-29(21)47-22(2)15-31(34(41)37(47)52)54-20-26-10-8-7-9-25(26)19-43-38(53)45-33-18-32(39(4,5)6)46-48(33)27-13-14-30(49)28(40)17-27/h7-18,23,49H,19-20H2,1-6H3,(H2,42,50)(H,44,51)(H2,43,45,53). The number of aromatic nitrogens is 3. The summed E-state index contributed by atoms with van der Waals surface area (Å²) in [4.78, 5) is 51.1. The van der Waals surface area contributed by atoms with E-state index in [4.69, 9.17) is 33.7 Å². The molecule has 0 bridgehead atoms. The lowest BCUT2D eigenvalue weighted by atomic mass is 9.92. The van der Waals surface area contributed by atoms with Gasteiger partial charge in [0.05, 0.1) is 22.1 Å². The van der Waals surface area contributed by atoms with E-state index in [0.717, 1.165) is 16.8 Å². The molecule has 54 heavy (non-hydrogen) atoms. The molecule has 282 valence electrons. The molecule has 2 heterocycles. The van der Waals surface area contributed by atoms with Crippen LogP contribution in [0.4, 0.5) is 10.6 Å². The Balaban J connectivity index is 1.31. The van der Waals surface area contributed by atoms with Gasteiger partial charge in [-0.3, -0.25) is 24.3 Å². The molecule has 15 heteroatoms. The molecular weight excluding hydrogens is 733 g/mol. The first-order valence-corrected chi connectivity index (χ1v) is 17.7. The minimum absolute atomic E-state index is 0.0398. The largest absolute Gasteiger partial charge is 0.506 e. The van der Waals surface area contributed by atoms with Crippen molar-refractivity contribution in [3.63, 3.8) is 0 Å². The summed E-state index contributed by atoms with van der Waals surface area (Å²) in [6, 6.07) is 18.9. The highest BCUT2D eigenvalue weighted by atomic mass is 35.5. The van der Waals surface area contributed by atoms with Crippen LogP contribution in [-0.4, -0.2) is 43.3 Å². The molecule has 2 aromatic heterocycles. The number of anilines is 1. The number of aromatic hydroxyl groups is 1. The number of urea groups is 1. The molecule has 5 rings (SSSR count). The number of ether oxygens (including phenoxy) is 1. The normalized spacial score (nSPS) is 11.9. The first-order chi connectivity index (χ1) is 25.4. The summed E-state index contributed by atoms with van der Waals surface area (Å²) in [6.45, 7) is 11.2. The number of aryl methyl sites for hydroxylation is 2. The summed E-state index contributed by atoms with van der Waals surface area (Å²) >= 11 is 12.8. The van der Waals surface area contributed by atoms with Crippen LogP contribution in [0.3, 0.4) is 0 Å². The number of halogens is 2. The van der Waals surface area contributed by atoms with Gasteiger partial charge in [-0.15, -0.1) is 0 Å². The number of hydrogen-bond acceptors (Lipinski definition) is 7. The summed E-state index contributed by atoms with van der Waals surface area (Å²) in [7, 11) is 0. The van der Waals surface area contributed by atoms with Gasteiger partial charge in [0.25, 0.3) is 11.5 Å². The van der Waals surface area contributed by atoms with Crippen LogP contribution < -0.4 is 32.0 Å². The number of benzene rings is 3. The molecule has 0 radical (unpaired) electrons. The van der Waals surface area contributed by atoms with Gasteiger partial charge < -0.3 is 26.2 Å². The topological polar surface area (TPSA) is 183 Å².